The topological polar surface area (TPSA) is 51.5 Å². The van der Waals surface area contributed by atoms with E-state index in [1.165, 1.54) is 10.6 Å². The molecule has 0 spiro atoms. The van der Waals surface area contributed by atoms with Crippen molar-refractivity contribution in [1.82, 2.24) is 9.47 Å². The highest BCUT2D eigenvalue weighted by atomic mass is 16.5. The summed E-state index contributed by atoms with van der Waals surface area (Å²) in [6.45, 7) is 8.62. The number of hydrogen-bond donors (Lipinski definition) is 0. The zero-order valence-electron chi connectivity index (χ0n) is 15.4. The smallest absolute Gasteiger partial charge is 0.271 e. The Morgan fingerprint density at radius 1 is 1.23 bits per heavy atom. The molecule has 26 heavy (non-hydrogen) atoms. The number of likely N-dealkylation sites (N-methyl/N-ethyl adjacent to an activating group) is 1. The van der Waals surface area contributed by atoms with Crippen molar-refractivity contribution >= 4 is 17.7 Å². The third-order valence-corrected chi connectivity index (χ3v) is 3.85. The number of nitrogens with zero attached hydrogens (tertiary/aromatic N) is 2. The molecule has 0 aliphatic carbocycles. The van der Waals surface area contributed by atoms with Crippen molar-refractivity contribution in [1.29, 1.82) is 0 Å². The van der Waals surface area contributed by atoms with E-state index in [4.69, 9.17) is 4.74 Å². The summed E-state index contributed by atoms with van der Waals surface area (Å²) in [7, 11) is 1.60. The summed E-state index contributed by atoms with van der Waals surface area (Å²) in [5.74, 6) is 0.504. The van der Waals surface area contributed by atoms with Crippen LogP contribution in [0.5, 0.6) is 5.75 Å². The molecular weight excluding hydrogens is 328 g/mol. The number of hydrogen-bond acceptors (Lipinski definition) is 3. The maximum Gasteiger partial charge on any atom is 0.271 e. The standard InChI is InChI=1S/C21H24N2O3/c1-5-22(15-16(2)3)21(25)19(23-13-7-6-8-20(23)24)14-17-9-11-18(26-4)12-10-17/h6-14H,2,5,15H2,1,3-4H3/b19-14+. The van der Waals surface area contributed by atoms with Crippen molar-refractivity contribution in [2.24, 2.45) is 0 Å². The first-order chi connectivity index (χ1) is 12.5. The average Bonchev–Trinajstić information content (AvgIpc) is 2.64. The van der Waals surface area contributed by atoms with E-state index >= 15 is 0 Å². The van der Waals surface area contributed by atoms with E-state index in [2.05, 4.69) is 6.58 Å². The first-order valence-corrected chi connectivity index (χ1v) is 8.43. The summed E-state index contributed by atoms with van der Waals surface area (Å²) in [5, 5.41) is 0. The number of pyridine rings is 1. The van der Waals surface area contributed by atoms with Gasteiger partial charge in [0, 0.05) is 25.4 Å². The van der Waals surface area contributed by atoms with Gasteiger partial charge in [0.25, 0.3) is 11.5 Å². The minimum atomic E-state index is -0.257. The van der Waals surface area contributed by atoms with E-state index in [1.54, 1.807) is 36.4 Å². The monoisotopic (exact) mass is 352 g/mol. The number of aromatic nitrogens is 1. The summed E-state index contributed by atoms with van der Waals surface area (Å²) < 4.78 is 6.53. The predicted molar refractivity (Wildman–Crippen MR) is 105 cm³/mol. The van der Waals surface area contributed by atoms with Crippen molar-refractivity contribution in [3.05, 3.63) is 76.7 Å². The molecule has 0 fully saturated rings. The summed E-state index contributed by atoms with van der Waals surface area (Å²) in [6.07, 6.45) is 3.31. The molecule has 0 radical (unpaired) electrons. The van der Waals surface area contributed by atoms with Crippen LogP contribution in [0.4, 0.5) is 0 Å². The molecule has 136 valence electrons. The second-order valence-corrected chi connectivity index (χ2v) is 5.99. The van der Waals surface area contributed by atoms with Crippen molar-refractivity contribution in [3.8, 4) is 5.75 Å². The largest absolute Gasteiger partial charge is 0.497 e. The summed E-state index contributed by atoms with van der Waals surface area (Å²) in [5.41, 5.74) is 1.72. The Hall–Kier alpha value is -3.08. The van der Waals surface area contributed by atoms with E-state index in [-0.39, 0.29) is 11.5 Å². The lowest BCUT2D eigenvalue weighted by atomic mass is 10.1. The molecule has 1 amide bonds. The van der Waals surface area contributed by atoms with Gasteiger partial charge in [-0.2, -0.15) is 0 Å². The molecule has 2 rings (SSSR count). The van der Waals surface area contributed by atoms with Gasteiger partial charge in [0.15, 0.2) is 0 Å². The number of amides is 1. The molecule has 0 N–H and O–H groups in total. The van der Waals surface area contributed by atoms with Crippen molar-refractivity contribution in [2.75, 3.05) is 20.2 Å². The van der Waals surface area contributed by atoms with Gasteiger partial charge in [-0.15, -0.1) is 0 Å². The highest BCUT2D eigenvalue weighted by Crippen LogP contribution is 2.17. The maximum absolute atomic E-state index is 13.1. The molecule has 0 aliphatic heterocycles. The zero-order valence-corrected chi connectivity index (χ0v) is 15.4. The third-order valence-electron chi connectivity index (χ3n) is 3.85. The van der Waals surface area contributed by atoms with E-state index in [1.807, 2.05) is 38.1 Å². The average molecular weight is 352 g/mol. The molecule has 5 heteroatoms. The van der Waals surface area contributed by atoms with Crippen LogP contribution in [0.3, 0.4) is 0 Å². The van der Waals surface area contributed by atoms with Gasteiger partial charge in [0.2, 0.25) is 0 Å². The molecular formula is C21H24N2O3. The molecule has 0 saturated heterocycles. The van der Waals surface area contributed by atoms with Crippen LogP contribution in [0, 0.1) is 0 Å². The second-order valence-electron chi connectivity index (χ2n) is 5.99. The Morgan fingerprint density at radius 3 is 2.46 bits per heavy atom. The van der Waals surface area contributed by atoms with E-state index in [9.17, 15) is 9.59 Å². The molecule has 0 aliphatic rings. The maximum atomic E-state index is 13.1. The third kappa shape index (κ3) is 4.72. The van der Waals surface area contributed by atoms with Gasteiger partial charge in [0.1, 0.15) is 11.4 Å². The molecule has 0 atom stereocenters. The Balaban J connectivity index is 2.53. The van der Waals surface area contributed by atoms with Crippen LogP contribution in [0.25, 0.3) is 11.8 Å². The van der Waals surface area contributed by atoms with Crippen LogP contribution in [0.15, 0.2) is 65.6 Å². The highest BCUT2D eigenvalue weighted by Gasteiger charge is 2.19. The summed E-state index contributed by atoms with van der Waals surface area (Å²) >= 11 is 0. The van der Waals surface area contributed by atoms with Crippen LogP contribution in [0.1, 0.15) is 19.4 Å². The highest BCUT2D eigenvalue weighted by molar-refractivity contribution is 6.18. The lowest BCUT2D eigenvalue weighted by Gasteiger charge is -2.23. The summed E-state index contributed by atoms with van der Waals surface area (Å²) in [4.78, 5) is 27.1. The van der Waals surface area contributed by atoms with Crippen molar-refractivity contribution in [3.63, 3.8) is 0 Å². The zero-order chi connectivity index (χ0) is 19.1. The molecule has 1 heterocycles. The van der Waals surface area contributed by atoms with Crippen molar-refractivity contribution in [2.45, 2.75) is 13.8 Å². The van der Waals surface area contributed by atoms with Gasteiger partial charge in [-0.05, 0) is 43.7 Å². The minimum absolute atomic E-state index is 0.223. The Bertz CT molecular complexity index is 863. The molecule has 1 aromatic heterocycles. The van der Waals surface area contributed by atoms with Crippen LogP contribution in [-0.4, -0.2) is 35.6 Å². The van der Waals surface area contributed by atoms with Gasteiger partial charge in [0.05, 0.1) is 7.11 Å². The van der Waals surface area contributed by atoms with Crippen LogP contribution < -0.4 is 10.3 Å². The molecule has 1 aromatic carbocycles. The number of ether oxygens (including phenoxy) is 1. The van der Waals surface area contributed by atoms with Gasteiger partial charge in [-0.3, -0.25) is 14.2 Å². The fourth-order valence-electron chi connectivity index (χ4n) is 2.53. The SMILES string of the molecule is C=C(C)CN(CC)C(=O)/C(=C\c1ccc(OC)cc1)n1ccccc1=O. The number of methoxy groups -OCH3 is 1. The number of carbonyl (C=O) groups excluding carboxylic acids is 1. The number of carbonyl (C=O) groups is 1. The lowest BCUT2D eigenvalue weighted by Crippen LogP contribution is -2.36. The number of rotatable bonds is 7. The summed E-state index contributed by atoms with van der Waals surface area (Å²) in [6, 6.07) is 12.1. The minimum Gasteiger partial charge on any atom is -0.497 e. The van der Waals surface area contributed by atoms with E-state index < -0.39 is 0 Å². The van der Waals surface area contributed by atoms with Gasteiger partial charge >= 0.3 is 0 Å². The molecule has 2 aromatic rings. The molecule has 0 bridgehead atoms. The van der Waals surface area contributed by atoms with Crippen LogP contribution in [0.2, 0.25) is 0 Å². The van der Waals surface area contributed by atoms with Gasteiger partial charge < -0.3 is 9.64 Å². The Labute approximate surface area is 153 Å². The Kier molecular flexibility index (Phi) is 6.55. The molecule has 0 saturated carbocycles. The molecule has 5 nitrogen and oxygen atoms in total. The van der Waals surface area contributed by atoms with Crippen molar-refractivity contribution < 1.29 is 9.53 Å². The fraction of sp³-hybridized carbons (Fsp3) is 0.238. The van der Waals surface area contributed by atoms with Crippen LogP contribution in [-0.2, 0) is 4.79 Å². The lowest BCUT2D eigenvalue weighted by molar-refractivity contribution is -0.124. The second kappa shape index (κ2) is 8.85. The van der Waals surface area contributed by atoms with Crippen LogP contribution >= 0.6 is 0 Å². The van der Waals surface area contributed by atoms with E-state index in [0.717, 1.165) is 16.9 Å². The van der Waals surface area contributed by atoms with Gasteiger partial charge in [-0.1, -0.05) is 30.4 Å². The first-order valence-electron chi connectivity index (χ1n) is 8.43. The Morgan fingerprint density at radius 2 is 1.92 bits per heavy atom. The fourth-order valence-corrected chi connectivity index (χ4v) is 2.53. The quantitative estimate of drug-likeness (QED) is 0.568. The first kappa shape index (κ1) is 19.2. The predicted octanol–water partition coefficient (Wildman–Crippen LogP) is 3.28. The van der Waals surface area contributed by atoms with Gasteiger partial charge in [-0.25, -0.2) is 0 Å². The van der Waals surface area contributed by atoms with E-state index in [0.29, 0.717) is 18.8 Å². The normalized spacial score (nSPS) is 11.1. The number of benzene rings is 1. The molecule has 0 unspecified atom stereocenters.